The molecule has 0 saturated carbocycles. The molecule has 0 aromatic carbocycles. The van der Waals surface area contributed by atoms with Gasteiger partial charge in [0.05, 0.1) is 12.3 Å². The molecule has 0 bridgehead atoms. The maximum absolute atomic E-state index is 12.8. The zero-order valence-corrected chi connectivity index (χ0v) is 16.9. The van der Waals surface area contributed by atoms with Crippen molar-refractivity contribution in [3.63, 3.8) is 0 Å². The third-order valence-electron chi connectivity index (χ3n) is 5.16. The number of imidazole rings is 1. The summed E-state index contributed by atoms with van der Waals surface area (Å²) >= 11 is 0. The highest BCUT2D eigenvalue weighted by atomic mass is 16.5. The molecule has 152 valence electrons. The Kier molecular flexibility index (Phi) is 5.76. The Morgan fingerprint density at radius 2 is 2.07 bits per heavy atom. The smallest absolute Gasteiger partial charge is 0.274 e. The number of carbonyl (C=O) groups is 1. The van der Waals surface area contributed by atoms with E-state index >= 15 is 0 Å². The first-order valence-corrected chi connectivity index (χ1v) is 10.2. The van der Waals surface area contributed by atoms with Crippen molar-refractivity contribution in [2.45, 2.75) is 39.0 Å². The number of carbonyl (C=O) groups excluding carboxylic acids is 1. The Bertz CT molecular complexity index is 1010. The first-order valence-electron chi connectivity index (χ1n) is 10.2. The van der Waals surface area contributed by atoms with Crippen molar-refractivity contribution in [1.82, 2.24) is 14.4 Å². The summed E-state index contributed by atoms with van der Waals surface area (Å²) in [5.41, 5.74) is 3.73. The fourth-order valence-corrected chi connectivity index (χ4v) is 3.58. The van der Waals surface area contributed by atoms with Gasteiger partial charge in [0.1, 0.15) is 22.8 Å². The summed E-state index contributed by atoms with van der Waals surface area (Å²) in [5.74, 6) is 0.743. The molecule has 3 aromatic rings. The van der Waals surface area contributed by atoms with Gasteiger partial charge in [0.15, 0.2) is 0 Å². The second kappa shape index (κ2) is 8.61. The third-order valence-corrected chi connectivity index (χ3v) is 5.16. The molecule has 3 aromatic heterocycles. The molecular weight excluding hydrogens is 368 g/mol. The van der Waals surface area contributed by atoms with Crippen molar-refractivity contribution < 1.29 is 14.3 Å². The number of hydrogen-bond acceptors (Lipinski definition) is 5. The average Bonchev–Trinajstić information content (AvgIpc) is 3.17. The lowest BCUT2D eigenvalue weighted by Crippen LogP contribution is -2.15. The Hall–Kier alpha value is -2.93. The molecule has 7 heteroatoms. The van der Waals surface area contributed by atoms with Crippen LogP contribution in [-0.4, -0.2) is 40.1 Å². The zero-order chi connectivity index (χ0) is 20.2. The molecule has 1 fully saturated rings. The maximum Gasteiger partial charge on any atom is 0.274 e. The lowest BCUT2D eigenvalue weighted by molar-refractivity contribution is 0.0846. The fourth-order valence-electron chi connectivity index (χ4n) is 3.58. The second-order valence-electron chi connectivity index (χ2n) is 7.12. The topological polar surface area (TPSA) is 77.8 Å². The van der Waals surface area contributed by atoms with Gasteiger partial charge in [-0.3, -0.25) is 4.79 Å². The molecule has 1 N–H and O–H groups in total. The van der Waals surface area contributed by atoms with E-state index in [2.05, 4.69) is 10.3 Å². The van der Waals surface area contributed by atoms with Crippen molar-refractivity contribution in [3.05, 3.63) is 53.7 Å². The first kappa shape index (κ1) is 19.4. The van der Waals surface area contributed by atoms with Gasteiger partial charge in [-0.25, -0.2) is 9.97 Å². The van der Waals surface area contributed by atoms with Gasteiger partial charge in [0.2, 0.25) is 0 Å². The summed E-state index contributed by atoms with van der Waals surface area (Å²) in [5, 5.41) is 2.95. The van der Waals surface area contributed by atoms with Crippen LogP contribution in [0.3, 0.4) is 0 Å². The van der Waals surface area contributed by atoms with E-state index in [-0.39, 0.29) is 5.91 Å². The SMILES string of the molecule is CCOc1cc2nc(C3CCOCC3)cn2cc1NC(=O)c1cccc(CC)n1. The minimum atomic E-state index is -0.259. The number of amides is 1. The number of aryl methyl sites for hydroxylation is 1. The van der Waals surface area contributed by atoms with Gasteiger partial charge in [-0.2, -0.15) is 0 Å². The van der Waals surface area contributed by atoms with Crippen LogP contribution in [0.2, 0.25) is 0 Å². The Morgan fingerprint density at radius 1 is 1.24 bits per heavy atom. The monoisotopic (exact) mass is 394 g/mol. The van der Waals surface area contributed by atoms with Gasteiger partial charge in [0.25, 0.3) is 5.91 Å². The van der Waals surface area contributed by atoms with Crippen LogP contribution in [-0.2, 0) is 11.2 Å². The van der Waals surface area contributed by atoms with Gasteiger partial charge in [-0.1, -0.05) is 13.0 Å². The quantitative estimate of drug-likeness (QED) is 0.687. The molecule has 4 heterocycles. The number of hydrogen-bond donors (Lipinski definition) is 1. The number of rotatable bonds is 6. The summed E-state index contributed by atoms with van der Waals surface area (Å²) in [4.78, 5) is 21.9. The minimum absolute atomic E-state index is 0.259. The standard InChI is InChI=1S/C22H26N4O3/c1-3-16-6-5-7-17(23-16)22(27)25-19-14-26-13-18(15-8-10-28-11-9-15)24-21(26)12-20(19)29-4-2/h5-7,12-15H,3-4,8-11H2,1-2H3,(H,25,27). The number of anilines is 1. The molecule has 0 radical (unpaired) electrons. The number of nitrogens with zero attached hydrogens (tertiary/aromatic N) is 3. The van der Waals surface area contributed by atoms with Crippen LogP contribution >= 0.6 is 0 Å². The van der Waals surface area contributed by atoms with Gasteiger partial charge in [-0.05, 0) is 38.3 Å². The summed E-state index contributed by atoms with van der Waals surface area (Å²) < 4.78 is 13.2. The van der Waals surface area contributed by atoms with Crippen LogP contribution < -0.4 is 10.1 Å². The normalized spacial score (nSPS) is 14.8. The maximum atomic E-state index is 12.8. The lowest BCUT2D eigenvalue weighted by atomic mass is 9.97. The van der Waals surface area contributed by atoms with Gasteiger partial charge in [0, 0.05) is 43.3 Å². The van der Waals surface area contributed by atoms with Gasteiger partial charge in [-0.15, -0.1) is 0 Å². The number of aromatic nitrogens is 3. The van der Waals surface area contributed by atoms with Crippen LogP contribution in [0.25, 0.3) is 5.65 Å². The van der Waals surface area contributed by atoms with E-state index in [4.69, 9.17) is 14.5 Å². The first-order chi connectivity index (χ1) is 14.2. The largest absolute Gasteiger partial charge is 0.491 e. The molecule has 0 atom stereocenters. The predicted molar refractivity (Wildman–Crippen MR) is 111 cm³/mol. The Morgan fingerprint density at radius 3 is 2.83 bits per heavy atom. The molecule has 1 amide bonds. The molecule has 4 rings (SSSR count). The van der Waals surface area contributed by atoms with Crippen LogP contribution in [0, 0.1) is 0 Å². The molecule has 1 aliphatic rings. The van der Waals surface area contributed by atoms with Crippen LogP contribution in [0.5, 0.6) is 5.75 Å². The number of nitrogens with one attached hydrogen (secondary N) is 1. The van der Waals surface area contributed by atoms with Crippen molar-refractivity contribution >= 4 is 17.2 Å². The van der Waals surface area contributed by atoms with Crippen molar-refractivity contribution in [2.75, 3.05) is 25.1 Å². The highest BCUT2D eigenvalue weighted by Gasteiger charge is 2.20. The van der Waals surface area contributed by atoms with Gasteiger partial charge >= 0.3 is 0 Å². The second-order valence-corrected chi connectivity index (χ2v) is 7.12. The van der Waals surface area contributed by atoms with Crippen molar-refractivity contribution in [1.29, 1.82) is 0 Å². The van der Waals surface area contributed by atoms with E-state index in [1.54, 1.807) is 6.07 Å². The Balaban J connectivity index is 1.64. The van der Waals surface area contributed by atoms with Crippen molar-refractivity contribution in [2.24, 2.45) is 0 Å². The fraction of sp³-hybridized carbons (Fsp3) is 0.409. The van der Waals surface area contributed by atoms with E-state index in [9.17, 15) is 4.79 Å². The van der Waals surface area contributed by atoms with Crippen molar-refractivity contribution in [3.8, 4) is 5.75 Å². The molecule has 29 heavy (non-hydrogen) atoms. The van der Waals surface area contributed by atoms with E-state index in [0.717, 1.165) is 49.5 Å². The van der Waals surface area contributed by atoms with Gasteiger partial charge < -0.3 is 19.2 Å². The highest BCUT2D eigenvalue weighted by Crippen LogP contribution is 2.30. The minimum Gasteiger partial charge on any atom is -0.491 e. The van der Waals surface area contributed by atoms with E-state index in [1.807, 2.05) is 48.8 Å². The zero-order valence-electron chi connectivity index (χ0n) is 16.9. The highest BCUT2D eigenvalue weighted by molar-refractivity contribution is 6.03. The van der Waals surface area contributed by atoms with E-state index in [0.29, 0.717) is 29.7 Å². The Labute approximate surface area is 170 Å². The molecule has 0 spiro atoms. The van der Waals surface area contributed by atoms with Crippen LogP contribution in [0.1, 0.15) is 54.5 Å². The summed E-state index contributed by atoms with van der Waals surface area (Å²) in [7, 11) is 0. The molecule has 0 aliphatic carbocycles. The molecule has 1 aliphatic heterocycles. The number of pyridine rings is 2. The van der Waals surface area contributed by atoms with E-state index < -0.39 is 0 Å². The molecule has 1 saturated heterocycles. The van der Waals surface area contributed by atoms with E-state index in [1.165, 1.54) is 0 Å². The van der Waals surface area contributed by atoms with Crippen LogP contribution in [0.15, 0.2) is 36.7 Å². The number of fused-ring (bicyclic) bond motifs is 1. The lowest BCUT2D eigenvalue weighted by Gasteiger charge is -2.19. The predicted octanol–water partition coefficient (Wildman–Crippen LogP) is 3.84. The molecular formula is C22H26N4O3. The molecule has 0 unspecified atom stereocenters. The summed E-state index contributed by atoms with van der Waals surface area (Å²) in [6, 6.07) is 7.35. The summed E-state index contributed by atoms with van der Waals surface area (Å²) in [6.45, 7) is 5.97. The average molecular weight is 394 g/mol. The molecule has 7 nitrogen and oxygen atoms in total. The summed E-state index contributed by atoms with van der Waals surface area (Å²) in [6.07, 6.45) is 6.63. The van der Waals surface area contributed by atoms with Crippen LogP contribution in [0.4, 0.5) is 5.69 Å². The third kappa shape index (κ3) is 4.24. The number of ether oxygens (including phenoxy) is 2.